The molecule has 0 aliphatic carbocycles. The summed E-state index contributed by atoms with van der Waals surface area (Å²) in [6.45, 7) is 0.995. The molecule has 1 amide bonds. The van der Waals surface area contributed by atoms with Crippen molar-refractivity contribution in [3.05, 3.63) is 28.8 Å². The summed E-state index contributed by atoms with van der Waals surface area (Å²) in [4.78, 5) is 13.6. The number of phenols is 1. The van der Waals surface area contributed by atoms with Gasteiger partial charge in [-0.3, -0.25) is 4.79 Å². The van der Waals surface area contributed by atoms with Gasteiger partial charge in [-0.15, -0.1) is 0 Å². The van der Waals surface area contributed by atoms with Crippen molar-refractivity contribution in [3.63, 3.8) is 0 Å². The maximum absolute atomic E-state index is 12.2. The van der Waals surface area contributed by atoms with E-state index < -0.39 is 6.10 Å². The highest BCUT2D eigenvalue weighted by Crippen LogP contribution is 2.24. The molecule has 1 aromatic rings. The summed E-state index contributed by atoms with van der Waals surface area (Å²) in [6.07, 6.45) is -0.597. The predicted molar refractivity (Wildman–Crippen MR) is 67.9 cm³/mol. The van der Waals surface area contributed by atoms with Crippen molar-refractivity contribution in [1.82, 2.24) is 10.2 Å². The molecule has 1 fully saturated rings. The van der Waals surface area contributed by atoms with E-state index in [0.29, 0.717) is 18.1 Å². The fourth-order valence-electron chi connectivity index (χ4n) is 2.07. The highest BCUT2D eigenvalue weighted by molar-refractivity contribution is 6.31. The number of aliphatic hydroxyl groups excluding tert-OH is 1. The predicted octanol–water partition coefficient (Wildman–Crippen LogP) is 0.450. The number of phenolic OH excluding ortho intramolecular Hbond substituents is 1. The zero-order valence-corrected chi connectivity index (χ0v) is 10.7. The van der Waals surface area contributed by atoms with E-state index in [9.17, 15) is 15.0 Å². The van der Waals surface area contributed by atoms with Crippen LogP contribution in [0.25, 0.3) is 0 Å². The molecule has 5 nitrogen and oxygen atoms in total. The number of nitrogens with one attached hydrogen (secondary N) is 1. The van der Waals surface area contributed by atoms with Crippen molar-refractivity contribution >= 4 is 17.5 Å². The van der Waals surface area contributed by atoms with Gasteiger partial charge in [0.15, 0.2) is 0 Å². The Bertz CT molecular complexity index is 467. The second kappa shape index (κ2) is 5.14. The average Bonchev–Trinajstić information content (AvgIpc) is 2.77. The minimum absolute atomic E-state index is 0.114. The maximum atomic E-state index is 12.2. The van der Waals surface area contributed by atoms with Gasteiger partial charge in [0.05, 0.1) is 17.7 Å². The molecule has 18 heavy (non-hydrogen) atoms. The number of β-amino-alcohol motifs (C(OH)–C–C–N with tert-alkyl or cyclic N) is 1. The third kappa shape index (κ3) is 2.43. The van der Waals surface area contributed by atoms with E-state index in [1.54, 1.807) is 7.05 Å². The number of aliphatic hydroxyl groups is 1. The molecule has 2 rings (SSSR count). The van der Waals surface area contributed by atoms with Gasteiger partial charge in [0, 0.05) is 25.2 Å². The van der Waals surface area contributed by atoms with E-state index in [0.717, 1.165) is 0 Å². The summed E-state index contributed by atoms with van der Waals surface area (Å²) in [5.41, 5.74) is 0.143. The number of carbonyl (C=O) groups excluding carboxylic acids is 1. The van der Waals surface area contributed by atoms with Crippen LogP contribution in [0.15, 0.2) is 18.2 Å². The Balaban J connectivity index is 2.22. The van der Waals surface area contributed by atoms with E-state index in [1.165, 1.54) is 23.1 Å². The largest absolute Gasteiger partial charge is 0.507 e. The number of hydrogen-bond donors (Lipinski definition) is 3. The minimum Gasteiger partial charge on any atom is -0.507 e. The quantitative estimate of drug-likeness (QED) is 0.730. The zero-order valence-electron chi connectivity index (χ0n) is 9.93. The lowest BCUT2D eigenvalue weighted by Gasteiger charge is -2.26. The molecule has 0 aromatic heterocycles. The number of halogens is 1. The molecular formula is C12H15ClN2O3. The van der Waals surface area contributed by atoms with Gasteiger partial charge in [-0.25, -0.2) is 0 Å². The summed E-state index contributed by atoms with van der Waals surface area (Å²) in [5, 5.41) is 22.8. The van der Waals surface area contributed by atoms with Crippen molar-refractivity contribution in [2.45, 2.75) is 12.1 Å². The van der Waals surface area contributed by atoms with E-state index in [1.807, 2.05) is 0 Å². The standard InChI is InChI=1S/C12H15ClN2O3/c1-15(9-5-14-6-11(9)17)12(18)8-4-7(13)2-3-10(8)16/h2-4,9,11,14,16-17H,5-6H2,1H3/t9-,11-/m0/s1. The number of amides is 1. The second-order valence-electron chi connectivity index (χ2n) is 4.37. The maximum Gasteiger partial charge on any atom is 0.257 e. The first kappa shape index (κ1) is 13.1. The minimum atomic E-state index is -0.597. The van der Waals surface area contributed by atoms with E-state index >= 15 is 0 Å². The summed E-state index contributed by atoms with van der Waals surface area (Å²) in [6, 6.07) is 4.02. The molecule has 6 heteroatoms. The Morgan fingerprint density at radius 2 is 2.22 bits per heavy atom. The summed E-state index contributed by atoms with van der Waals surface area (Å²) in [7, 11) is 1.60. The Kier molecular flexibility index (Phi) is 3.75. The molecule has 0 unspecified atom stereocenters. The number of nitrogens with zero attached hydrogens (tertiary/aromatic N) is 1. The molecule has 1 saturated heterocycles. The number of likely N-dealkylation sites (N-methyl/N-ethyl adjacent to an activating group) is 1. The molecule has 1 heterocycles. The molecule has 2 atom stereocenters. The van der Waals surface area contributed by atoms with E-state index in [2.05, 4.69) is 5.32 Å². The average molecular weight is 271 g/mol. The molecule has 0 radical (unpaired) electrons. The van der Waals surface area contributed by atoms with Crippen LogP contribution in [-0.2, 0) is 0 Å². The summed E-state index contributed by atoms with van der Waals surface area (Å²) >= 11 is 5.81. The number of benzene rings is 1. The SMILES string of the molecule is CN(C(=O)c1cc(Cl)ccc1O)[C@H]1CNC[C@@H]1O. The topological polar surface area (TPSA) is 72.8 Å². The Morgan fingerprint density at radius 3 is 2.83 bits per heavy atom. The molecule has 98 valence electrons. The van der Waals surface area contributed by atoms with Gasteiger partial charge < -0.3 is 20.4 Å². The monoisotopic (exact) mass is 270 g/mol. The Hall–Kier alpha value is -1.30. The van der Waals surface area contributed by atoms with Crippen LogP contribution in [0.2, 0.25) is 5.02 Å². The van der Waals surface area contributed by atoms with Gasteiger partial charge in [-0.1, -0.05) is 11.6 Å². The third-order valence-electron chi connectivity index (χ3n) is 3.16. The first-order valence-electron chi connectivity index (χ1n) is 5.65. The Morgan fingerprint density at radius 1 is 1.50 bits per heavy atom. The van der Waals surface area contributed by atoms with Gasteiger partial charge >= 0.3 is 0 Å². The fourth-order valence-corrected chi connectivity index (χ4v) is 2.24. The lowest BCUT2D eigenvalue weighted by atomic mass is 10.1. The van der Waals surface area contributed by atoms with Gasteiger partial charge in [0.1, 0.15) is 5.75 Å². The van der Waals surface area contributed by atoms with Crippen molar-refractivity contribution in [2.24, 2.45) is 0 Å². The van der Waals surface area contributed by atoms with Crippen LogP contribution < -0.4 is 5.32 Å². The van der Waals surface area contributed by atoms with Gasteiger partial charge in [0.2, 0.25) is 0 Å². The van der Waals surface area contributed by atoms with Crippen LogP contribution in [0.4, 0.5) is 0 Å². The van der Waals surface area contributed by atoms with E-state index in [4.69, 9.17) is 11.6 Å². The van der Waals surface area contributed by atoms with Crippen molar-refractivity contribution < 1.29 is 15.0 Å². The van der Waals surface area contributed by atoms with Crippen LogP contribution >= 0.6 is 11.6 Å². The molecule has 0 spiro atoms. The molecule has 0 saturated carbocycles. The Labute approximate surface area is 110 Å². The van der Waals surface area contributed by atoms with Crippen LogP contribution in [0, 0.1) is 0 Å². The highest BCUT2D eigenvalue weighted by Gasteiger charge is 2.32. The van der Waals surface area contributed by atoms with Gasteiger partial charge in [-0.05, 0) is 18.2 Å². The lowest BCUT2D eigenvalue weighted by Crippen LogP contribution is -2.44. The first-order valence-corrected chi connectivity index (χ1v) is 6.03. The van der Waals surface area contributed by atoms with Crippen LogP contribution in [0.1, 0.15) is 10.4 Å². The van der Waals surface area contributed by atoms with Crippen LogP contribution in [-0.4, -0.2) is 53.3 Å². The van der Waals surface area contributed by atoms with Crippen LogP contribution in [0.5, 0.6) is 5.75 Å². The summed E-state index contributed by atoms with van der Waals surface area (Å²) in [5.74, 6) is -0.473. The number of carbonyl (C=O) groups is 1. The van der Waals surface area contributed by atoms with Crippen molar-refractivity contribution in [1.29, 1.82) is 0 Å². The highest BCUT2D eigenvalue weighted by atomic mass is 35.5. The van der Waals surface area contributed by atoms with Gasteiger partial charge in [0.25, 0.3) is 5.91 Å². The number of hydrogen-bond acceptors (Lipinski definition) is 4. The number of rotatable bonds is 2. The van der Waals surface area contributed by atoms with Crippen molar-refractivity contribution in [2.75, 3.05) is 20.1 Å². The normalized spacial score (nSPS) is 23.1. The first-order chi connectivity index (χ1) is 8.50. The fraction of sp³-hybridized carbons (Fsp3) is 0.417. The molecule has 0 bridgehead atoms. The van der Waals surface area contributed by atoms with E-state index in [-0.39, 0.29) is 23.3 Å². The molecule has 1 aromatic carbocycles. The second-order valence-corrected chi connectivity index (χ2v) is 4.81. The summed E-state index contributed by atoms with van der Waals surface area (Å²) < 4.78 is 0. The molecule has 3 N–H and O–H groups in total. The van der Waals surface area contributed by atoms with Gasteiger partial charge in [-0.2, -0.15) is 0 Å². The lowest BCUT2D eigenvalue weighted by molar-refractivity contribution is 0.0578. The third-order valence-corrected chi connectivity index (χ3v) is 3.39. The number of aromatic hydroxyl groups is 1. The zero-order chi connectivity index (χ0) is 13.3. The molecule has 1 aliphatic heterocycles. The smallest absolute Gasteiger partial charge is 0.257 e. The molecular weight excluding hydrogens is 256 g/mol. The molecule has 1 aliphatic rings. The van der Waals surface area contributed by atoms with Crippen molar-refractivity contribution in [3.8, 4) is 5.75 Å². The van der Waals surface area contributed by atoms with Crippen LogP contribution in [0.3, 0.4) is 0 Å².